The van der Waals surface area contributed by atoms with Gasteiger partial charge in [-0.1, -0.05) is 6.07 Å². The molecule has 1 aliphatic rings. The lowest BCUT2D eigenvalue weighted by Crippen LogP contribution is -2.45. The van der Waals surface area contributed by atoms with Crippen molar-refractivity contribution in [3.05, 3.63) is 30.1 Å². The molecule has 2 rings (SSSR count). The number of pyridine rings is 1. The zero-order chi connectivity index (χ0) is 12.3. The molecule has 1 aliphatic heterocycles. The Morgan fingerprint density at radius 3 is 2.88 bits per heavy atom. The number of nitrogens with two attached hydrogens (primary N) is 1. The minimum Gasteiger partial charge on any atom is -0.330 e. The van der Waals surface area contributed by atoms with Crippen molar-refractivity contribution in [2.75, 3.05) is 13.1 Å². The Morgan fingerprint density at radius 2 is 2.29 bits per heavy atom. The lowest BCUT2D eigenvalue weighted by Gasteiger charge is -2.43. The first kappa shape index (κ1) is 12.5. The van der Waals surface area contributed by atoms with Crippen LogP contribution in [0.5, 0.6) is 0 Å². The smallest absolute Gasteiger partial charge is 0.0578 e. The van der Waals surface area contributed by atoms with Crippen LogP contribution in [-0.4, -0.2) is 29.0 Å². The molecule has 3 heteroatoms. The van der Waals surface area contributed by atoms with Crippen molar-refractivity contribution in [2.24, 2.45) is 11.7 Å². The maximum Gasteiger partial charge on any atom is 0.0578 e. The summed E-state index contributed by atoms with van der Waals surface area (Å²) in [5.74, 6) is 0.543. The Hall–Kier alpha value is -0.930. The first-order valence-corrected chi connectivity index (χ1v) is 6.60. The molecule has 0 aromatic carbocycles. The van der Waals surface area contributed by atoms with Crippen LogP contribution in [0.4, 0.5) is 0 Å². The van der Waals surface area contributed by atoms with Gasteiger partial charge in [-0.15, -0.1) is 0 Å². The molecular weight excluding hydrogens is 210 g/mol. The minimum atomic E-state index is 0.398. The molecular formula is C14H23N3. The predicted molar refractivity (Wildman–Crippen MR) is 70.6 cm³/mol. The van der Waals surface area contributed by atoms with Crippen molar-refractivity contribution in [1.29, 1.82) is 0 Å². The molecule has 94 valence electrons. The molecule has 0 bridgehead atoms. The second kappa shape index (κ2) is 5.61. The van der Waals surface area contributed by atoms with Gasteiger partial charge in [-0.2, -0.15) is 0 Å². The zero-order valence-corrected chi connectivity index (χ0v) is 10.8. The molecule has 0 spiro atoms. The molecule has 1 aromatic heterocycles. The number of nitrogens with zero attached hydrogens (tertiary/aromatic N) is 2. The van der Waals surface area contributed by atoms with E-state index in [1.807, 2.05) is 12.3 Å². The average molecular weight is 233 g/mol. The van der Waals surface area contributed by atoms with Gasteiger partial charge in [0.05, 0.1) is 11.7 Å². The van der Waals surface area contributed by atoms with E-state index in [9.17, 15) is 0 Å². The van der Waals surface area contributed by atoms with Gasteiger partial charge in [-0.05, 0) is 57.8 Å². The third-order valence-electron chi connectivity index (χ3n) is 3.75. The van der Waals surface area contributed by atoms with Gasteiger partial charge in [0.15, 0.2) is 0 Å². The maximum absolute atomic E-state index is 5.94. The standard InChI is InChI=1S/C14H23N3/c1-11(2)17-9-5-6-12(10-15)14(17)13-7-3-4-8-16-13/h3-4,7-8,11-12,14H,5-6,9-10,15H2,1-2H3/t12-,14+/m1/s1. The van der Waals surface area contributed by atoms with Crippen molar-refractivity contribution >= 4 is 0 Å². The fourth-order valence-corrected chi connectivity index (χ4v) is 2.89. The number of aromatic nitrogens is 1. The van der Waals surface area contributed by atoms with Crippen LogP contribution in [0.25, 0.3) is 0 Å². The van der Waals surface area contributed by atoms with E-state index in [-0.39, 0.29) is 0 Å². The fourth-order valence-electron chi connectivity index (χ4n) is 2.89. The van der Waals surface area contributed by atoms with Gasteiger partial charge in [0.1, 0.15) is 0 Å². The van der Waals surface area contributed by atoms with E-state index in [1.54, 1.807) is 0 Å². The van der Waals surface area contributed by atoms with Crippen molar-refractivity contribution in [2.45, 2.75) is 38.8 Å². The van der Waals surface area contributed by atoms with Crippen LogP contribution in [0, 0.1) is 5.92 Å². The Labute approximate surface area is 104 Å². The highest BCUT2D eigenvalue weighted by Gasteiger charge is 2.33. The Kier molecular flexibility index (Phi) is 4.13. The maximum atomic E-state index is 5.94. The highest BCUT2D eigenvalue weighted by molar-refractivity contribution is 5.12. The summed E-state index contributed by atoms with van der Waals surface area (Å²) in [6, 6.07) is 7.13. The summed E-state index contributed by atoms with van der Waals surface area (Å²) in [7, 11) is 0. The zero-order valence-electron chi connectivity index (χ0n) is 10.8. The first-order valence-electron chi connectivity index (χ1n) is 6.60. The summed E-state index contributed by atoms with van der Waals surface area (Å²) in [5.41, 5.74) is 7.12. The van der Waals surface area contributed by atoms with Gasteiger partial charge in [0.2, 0.25) is 0 Å². The summed E-state index contributed by atoms with van der Waals surface area (Å²) in [5, 5.41) is 0. The Balaban J connectivity index is 2.28. The summed E-state index contributed by atoms with van der Waals surface area (Å²) in [6.45, 7) is 6.43. The van der Waals surface area contributed by atoms with Crippen LogP contribution in [-0.2, 0) is 0 Å². The normalized spacial score (nSPS) is 26.4. The third-order valence-corrected chi connectivity index (χ3v) is 3.75. The molecule has 2 N–H and O–H groups in total. The van der Waals surface area contributed by atoms with E-state index in [1.165, 1.54) is 18.5 Å². The number of piperidine rings is 1. The molecule has 1 aromatic rings. The Bertz CT molecular complexity index is 337. The summed E-state index contributed by atoms with van der Waals surface area (Å²) >= 11 is 0. The van der Waals surface area contributed by atoms with Crippen LogP contribution in [0.15, 0.2) is 24.4 Å². The second-order valence-electron chi connectivity index (χ2n) is 5.17. The number of rotatable bonds is 3. The lowest BCUT2D eigenvalue weighted by atomic mass is 9.86. The van der Waals surface area contributed by atoms with Crippen LogP contribution < -0.4 is 5.73 Å². The highest BCUT2D eigenvalue weighted by Crippen LogP contribution is 2.35. The van der Waals surface area contributed by atoms with Crippen LogP contribution in [0.3, 0.4) is 0 Å². The van der Waals surface area contributed by atoms with E-state index in [0.29, 0.717) is 18.0 Å². The third kappa shape index (κ3) is 2.67. The van der Waals surface area contributed by atoms with Gasteiger partial charge in [0, 0.05) is 12.2 Å². The summed E-state index contributed by atoms with van der Waals surface area (Å²) in [6.07, 6.45) is 4.36. The minimum absolute atomic E-state index is 0.398. The summed E-state index contributed by atoms with van der Waals surface area (Å²) in [4.78, 5) is 7.08. The van der Waals surface area contributed by atoms with Crippen molar-refractivity contribution < 1.29 is 0 Å². The molecule has 17 heavy (non-hydrogen) atoms. The molecule has 0 unspecified atom stereocenters. The molecule has 2 atom stereocenters. The summed E-state index contributed by atoms with van der Waals surface area (Å²) < 4.78 is 0. The molecule has 1 fully saturated rings. The van der Waals surface area contributed by atoms with Crippen molar-refractivity contribution in [3.8, 4) is 0 Å². The first-order chi connectivity index (χ1) is 8.24. The largest absolute Gasteiger partial charge is 0.330 e. The van der Waals surface area contributed by atoms with Crippen molar-refractivity contribution in [3.63, 3.8) is 0 Å². The Morgan fingerprint density at radius 1 is 1.47 bits per heavy atom. The monoisotopic (exact) mass is 233 g/mol. The van der Waals surface area contributed by atoms with Crippen LogP contribution in [0.2, 0.25) is 0 Å². The van der Waals surface area contributed by atoms with E-state index >= 15 is 0 Å². The molecule has 0 saturated carbocycles. The molecule has 2 heterocycles. The molecule has 3 nitrogen and oxygen atoms in total. The topological polar surface area (TPSA) is 42.1 Å². The van der Waals surface area contributed by atoms with Gasteiger partial charge in [0.25, 0.3) is 0 Å². The van der Waals surface area contributed by atoms with E-state index in [4.69, 9.17) is 5.73 Å². The second-order valence-corrected chi connectivity index (χ2v) is 5.17. The quantitative estimate of drug-likeness (QED) is 0.870. The number of hydrogen-bond donors (Lipinski definition) is 1. The molecule has 0 amide bonds. The highest BCUT2D eigenvalue weighted by atomic mass is 15.2. The fraction of sp³-hybridized carbons (Fsp3) is 0.643. The van der Waals surface area contributed by atoms with Crippen LogP contribution in [0.1, 0.15) is 38.4 Å². The predicted octanol–water partition coefficient (Wildman–Crippen LogP) is 2.20. The molecule has 0 aliphatic carbocycles. The SMILES string of the molecule is CC(C)N1CCC[C@H](CN)[C@H]1c1ccccn1. The van der Waals surface area contributed by atoms with Gasteiger partial charge in [-0.3, -0.25) is 9.88 Å². The van der Waals surface area contributed by atoms with Crippen LogP contribution >= 0.6 is 0 Å². The number of likely N-dealkylation sites (tertiary alicyclic amines) is 1. The average Bonchev–Trinajstić information content (AvgIpc) is 2.38. The van der Waals surface area contributed by atoms with Gasteiger partial charge in [-0.25, -0.2) is 0 Å². The van der Waals surface area contributed by atoms with Gasteiger partial charge >= 0.3 is 0 Å². The number of hydrogen-bond acceptors (Lipinski definition) is 3. The van der Waals surface area contributed by atoms with E-state index < -0.39 is 0 Å². The molecule has 1 saturated heterocycles. The van der Waals surface area contributed by atoms with E-state index in [0.717, 1.165) is 13.1 Å². The van der Waals surface area contributed by atoms with Gasteiger partial charge < -0.3 is 5.73 Å². The van der Waals surface area contributed by atoms with E-state index in [2.05, 4.69) is 35.9 Å². The van der Waals surface area contributed by atoms with Crippen molar-refractivity contribution in [1.82, 2.24) is 9.88 Å². The molecule has 0 radical (unpaired) electrons. The lowest BCUT2D eigenvalue weighted by molar-refractivity contribution is 0.0638.